The zero-order valence-electron chi connectivity index (χ0n) is 13.1. The second-order valence-electron chi connectivity index (χ2n) is 5.30. The number of phenols is 1. The van der Waals surface area contributed by atoms with Gasteiger partial charge in [0.1, 0.15) is 17.2 Å². The van der Waals surface area contributed by atoms with Crippen LogP contribution in [0.3, 0.4) is 0 Å². The molecule has 2 aromatic rings. The van der Waals surface area contributed by atoms with Crippen LogP contribution >= 0.6 is 11.6 Å². The van der Waals surface area contributed by atoms with Crippen molar-refractivity contribution >= 4 is 11.6 Å². The van der Waals surface area contributed by atoms with Gasteiger partial charge in [-0.2, -0.15) is 0 Å². The third-order valence-electron chi connectivity index (χ3n) is 3.51. The van der Waals surface area contributed by atoms with Gasteiger partial charge >= 0.3 is 0 Å². The van der Waals surface area contributed by atoms with E-state index in [4.69, 9.17) is 30.5 Å². The first kappa shape index (κ1) is 16.9. The van der Waals surface area contributed by atoms with E-state index in [1.54, 1.807) is 30.3 Å². The molecule has 1 N–H and O–H groups in total. The van der Waals surface area contributed by atoms with Crippen molar-refractivity contribution in [2.75, 3.05) is 26.4 Å². The van der Waals surface area contributed by atoms with Crippen LogP contribution in [0.15, 0.2) is 42.5 Å². The van der Waals surface area contributed by atoms with Crippen molar-refractivity contribution < 1.29 is 24.1 Å². The number of hydrogen-bond donors (Lipinski definition) is 1. The van der Waals surface area contributed by atoms with E-state index in [0.29, 0.717) is 37.2 Å². The van der Waals surface area contributed by atoms with Crippen LogP contribution in [0, 0.1) is 0 Å². The first-order valence-electron chi connectivity index (χ1n) is 7.80. The van der Waals surface area contributed by atoms with Crippen molar-refractivity contribution in [3.63, 3.8) is 0 Å². The molecule has 1 fully saturated rings. The molecular weight excluding hydrogens is 332 g/mol. The van der Waals surface area contributed by atoms with E-state index >= 15 is 0 Å². The molecule has 0 atom stereocenters. The minimum atomic E-state index is -0.384. The van der Waals surface area contributed by atoms with Crippen molar-refractivity contribution in [1.29, 1.82) is 0 Å². The summed E-state index contributed by atoms with van der Waals surface area (Å²) in [4.78, 5) is 0. The lowest BCUT2D eigenvalue weighted by molar-refractivity contribution is -0.0440. The number of ether oxygens (including phenoxy) is 4. The van der Waals surface area contributed by atoms with Crippen LogP contribution < -0.4 is 9.47 Å². The third kappa shape index (κ3) is 4.54. The van der Waals surface area contributed by atoms with Gasteiger partial charge in [0.15, 0.2) is 6.29 Å². The smallest absolute Gasteiger partial charge is 0.185 e. The Kier molecular flexibility index (Phi) is 5.80. The zero-order valence-corrected chi connectivity index (χ0v) is 13.9. The maximum atomic E-state index is 9.20. The summed E-state index contributed by atoms with van der Waals surface area (Å²) in [5.41, 5.74) is 0.817. The van der Waals surface area contributed by atoms with E-state index in [0.717, 1.165) is 17.7 Å². The highest BCUT2D eigenvalue weighted by Crippen LogP contribution is 2.32. The van der Waals surface area contributed by atoms with E-state index < -0.39 is 0 Å². The fourth-order valence-electron chi connectivity index (χ4n) is 2.31. The molecule has 0 unspecified atom stereocenters. The van der Waals surface area contributed by atoms with Gasteiger partial charge in [-0.25, -0.2) is 0 Å². The quantitative estimate of drug-likeness (QED) is 0.766. The van der Waals surface area contributed by atoms with Crippen molar-refractivity contribution in [1.82, 2.24) is 0 Å². The van der Waals surface area contributed by atoms with Crippen molar-refractivity contribution in [3.05, 3.63) is 53.1 Å². The van der Waals surface area contributed by atoms with E-state index in [-0.39, 0.29) is 12.0 Å². The number of hydrogen-bond acceptors (Lipinski definition) is 5. The van der Waals surface area contributed by atoms with Crippen LogP contribution in [0.4, 0.5) is 0 Å². The van der Waals surface area contributed by atoms with Crippen LogP contribution in [0.25, 0.3) is 0 Å². The second kappa shape index (κ2) is 8.24. The van der Waals surface area contributed by atoms with Gasteiger partial charge < -0.3 is 24.1 Å². The molecule has 0 radical (unpaired) electrons. The SMILES string of the molecule is Oc1ccc(OCCCOc2ccc(C3OCCO3)c(Cl)c2)cc1. The lowest BCUT2D eigenvalue weighted by Crippen LogP contribution is -2.05. The molecule has 128 valence electrons. The molecule has 1 saturated heterocycles. The fraction of sp³-hybridized carbons (Fsp3) is 0.333. The molecule has 0 aromatic heterocycles. The van der Waals surface area contributed by atoms with Crippen molar-refractivity contribution in [3.8, 4) is 17.2 Å². The van der Waals surface area contributed by atoms with Crippen LogP contribution in [0.1, 0.15) is 18.3 Å². The molecular formula is C18H19ClO5. The second-order valence-corrected chi connectivity index (χ2v) is 5.71. The van der Waals surface area contributed by atoms with Crippen LogP contribution in [-0.2, 0) is 9.47 Å². The lowest BCUT2D eigenvalue weighted by atomic mass is 10.2. The van der Waals surface area contributed by atoms with Gasteiger partial charge in [-0.3, -0.25) is 0 Å². The molecule has 0 saturated carbocycles. The van der Waals surface area contributed by atoms with Crippen LogP contribution in [0.5, 0.6) is 17.2 Å². The minimum Gasteiger partial charge on any atom is -0.508 e. The molecule has 3 rings (SSSR count). The summed E-state index contributed by atoms with van der Waals surface area (Å²) in [5.74, 6) is 1.64. The van der Waals surface area contributed by atoms with Gasteiger partial charge in [0.25, 0.3) is 0 Å². The van der Waals surface area contributed by atoms with Crippen LogP contribution in [-0.4, -0.2) is 31.5 Å². The molecule has 0 amide bonds. The molecule has 24 heavy (non-hydrogen) atoms. The van der Waals surface area contributed by atoms with Gasteiger partial charge in [0.2, 0.25) is 0 Å². The maximum Gasteiger partial charge on any atom is 0.185 e. The van der Waals surface area contributed by atoms with Crippen LogP contribution in [0.2, 0.25) is 5.02 Å². The van der Waals surface area contributed by atoms with Gasteiger partial charge in [-0.05, 0) is 42.5 Å². The summed E-state index contributed by atoms with van der Waals surface area (Å²) in [5, 5.41) is 9.77. The first-order valence-corrected chi connectivity index (χ1v) is 8.17. The maximum absolute atomic E-state index is 9.20. The van der Waals surface area contributed by atoms with E-state index in [1.165, 1.54) is 0 Å². The molecule has 1 heterocycles. The molecule has 0 spiro atoms. The number of benzene rings is 2. The number of aromatic hydroxyl groups is 1. The summed E-state index contributed by atoms with van der Waals surface area (Å²) in [6.45, 7) is 2.21. The van der Waals surface area contributed by atoms with E-state index in [2.05, 4.69) is 0 Å². The number of rotatable bonds is 7. The van der Waals surface area contributed by atoms with Gasteiger partial charge in [0, 0.05) is 12.0 Å². The lowest BCUT2D eigenvalue weighted by Gasteiger charge is -2.13. The first-order chi connectivity index (χ1) is 11.7. The topological polar surface area (TPSA) is 57.2 Å². The Bertz CT molecular complexity index is 653. The standard InChI is InChI=1S/C18H19ClO5/c19-17-12-15(6-7-16(17)18-23-10-11-24-18)22-9-1-8-21-14-4-2-13(20)3-5-14/h2-7,12,18,20H,1,8-11H2. The number of phenolic OH excluding ortho intramolecular Hbond substituents is 1. The van der Waals surface area contributed by atoms with E-state index in [1.807, 2.05) is 12.1 Å². The largest absolute Gasteiger partial charge is 0.508 e. The summed E-state index contributed by atoms with van der Waals surface area (Å²) in [6.07, 6.45) is 0.347. The molecule has 1 aliphatic heterocycles. The highest BCUT2D eigenvalue weighted by Gasteiger charge is 2.21. The average Bonchev–Trinajstić information content (AvgIpc) is 3.10. The molecule has 2 aromatic carbocycles. The normalized spacial score (nSPS) is 14.7. The predicted molar refractivity (Wildman–Crippen MR) is 89.8 cm³/mol. The summed E-state index contributed by atoms with van der Waals surface area (Å²) in [6, 6.07) is 12.1. The predicted octanol–water partition coefficient (Wildman–Crippen LogP) is 3.94. The highest BCUT2D eigenvalue weighted by atomic mass is 35.5. The monoisotopic (exact) mass is 350 g/mol. The highest BCUT2D eigenvalue weighted by molar-refractivity contribution is 6.31. The molecule has 0 bridgehead atoms. The molecule has 6 heteroatoms. The van der Waals surface area contributed by atoms with Gasteiger partial charge in [-0.15, -0.1) is 0 Å². The summed E-state index contributed by atoms with van der Waals surface area (Å²) >= 11 is 6.26. The average molecular weight is 351 g/mol. The molecule has 0 aliphatic carbocycles. The summed E-state index contributed by atoms with van der Waals surface area (Å²) < 4.78 is 22.1. The fourth-order valence-corrected chi connectivity index (χ4v) is 2.57. The molecule has 5 nitrogen and oxygen atoms in total. The Morgan fingerprint density at radius 1 is 0.958 bits per heavy atom. The Hall–Kier alpha value is -1.95. The Labute approximate surface area is 145 Å². The van der Waals surface area contributed by atoms with E-state index in [9.17, 15) is 5.11 Å². The Balaban J connectivity index is 1.41. The third-order valence-corrected chi connectivity index (χ3v) is 3.84. The summed E-state index contributed by atoms with van der Waals surface area (Å²) in [7, 11) is 0. The Morgan fingerprint density at radius 3 is 2.25 bits per heavy atom. The number of halogens is 1. The van der Waals surface area contributed by atoms with Crippen molar-refractivity contribution in [2.45, 2.75) is 12.7 Å². The molecule has 1 aliphatic rings. The van der Waals surface area contributed by atoms with Crippen molar-refractivity contribution in [2.24, 2.45) is 0 Å². The minimum absolute atomic E-state index is 0.222. The Morgan fingerprint density at radius 2 is 1.58 bits per heavy atom. The van der Waals surface area contributed by atoms with Gasteiger partial charge in [0.05, 0.1) is 31.5 Å². The zero-order chi connectivity index (χ0) is 16.8. The van der Waals surface area contributed by atoms with Gasteiger partial charge in [-0.1, -0.05) is 11.6 Å².